The van der Waals surface area contributed by atoms with Crippen molar-refractivity contribution in [1.29, 1.82) is 0 Å². The van der Waals surface area contributed by atoms with Gasteiger partial charge in [0, 0.05) is 18.4 Å². The number of nitrogens with zero attached hydrogens (tertiary/aromatic N) is 2. The number of rotatable bonds is 8. The Morgan fingerprint density at radius 2 is 1.95 bits per heavy atom. The van der Waals surface area contributed by atoms with Crippen LogP contribution in [0.5, 0.6) is 0 Å². The molecule has 0 saturated carbocycles. The van der Waals surface area contributed by atoms with E-state index in [2.05, 4.69) is 53.0 Å². The third-order valence-electron chi connectivity index (χ3n) is 3.70. The fraction of sp³-hybridized carbons (Fsp3) is 0.471. The van der Waals surface area contributed by atoms with Crippen molar-refractivity contribution in [2.24, 2.45) is 0 Å². The minimum atomic E-state index is 0.592. The van der Waals surface area contributed by atoms with E-state index < -0.39 is 0 Å². The molecule has 0 bridgehead atoms. The molecule has 1 aromatic heterocycles. The van der Waals surface area contributed by atoms with Crippen LogP contribution < -0.4 is 0 Å². The lowest BCUT2D eigenvalue weighted by molar-refractivity contribution is 0.416. The average Bonchev–Trinajstić information content (AvgIpc) is 2.98. The van der Waals surface area contributed by atoms with E-state index in [0.29, 0.717) is 6.04 Å². The molecule has 2 nitrogen and oxygen atoms in total. The number of hydrogen-bond donors (Lipinski definition) is 0. The quantitative estimate of drug-likeness (QED) is 0.629. The van der Waals surface area contributed by atoms with Crippen molar-refractivity contribution in [3.63, 3.8) is 0 Å². The normalized spacial score (nSPS) is 12.5. The van der Waals surface area contributed by atoms with Crippen LogP contribution in [0.3, 0.4) is 0 Å². The molecule has 0 aliphatic carbocycles. The van der Waals surface area contributed by atoms with Crippen molar-refractivity contribution in [2.75, 3.05) is 0 Å². The molecule has 0 saturated heterocycles. The second-order valence-electron chi connectivity index (χ2n) is 5.18. The highest BCUT2D eigenvalue weighted by molar-refractivity contribution is 5.14. The van der Waals surface area contributed by atoms with E-state index in [1.165, 1.54) is 37.7 Å². The molecule has 0 radical (unpaired) electrons. The van der Waals surface area contributed by atoms with Crippen LogP contribution >= 0.6 is 0 Å². The van der Waals surface area contributed by atoms with Gasteiger partial charge in [-0.05, 0) is 24.8 Å². The zero-order valence-electron chi connectivity index (χ0n) is 11.8. The van der Waals surface area contributed by atoms with E-state index in [0.717, 1.165) is 6.42 Å². The highest BCUT2D eigenvalue weighted by Crippen LogP contribution is 2.21. The zero-order chi connectivity index (χ0) is 13.3. The monoisotopic (exact) mass is 256 g/mol. The Labute approximate surface area is 116 Å². The Hall–Kier alpha value is -1.57. The number of imidazole rings is 1. The molecule has 0 spiro atoms. The molecule has 2 aromatic rings. The molecule has 0 aliphatic heterocycles. The van der Waals surface area contributed by atoms with Crippen LogP contribution in [0, 0.1) is 0 Å². The molecule has 2 rings (SSSR count). The summed E-state index contributed by atoms with van der Waals surface area (Å²) >= 11 is 0. The number of unbranched alkanes of at least 4 members (excludes halogenated alkanes) is 2. The van der Waals surface area contributed by atoms with Gasteiger partial charge in [0.05, 0.1) is 6.33 Å². The van der Waals surface area contributed by atoms with Gasteiger partial charge in [0.15, 0.2) is 0 Å². The summed E-state index contributed by atoms with van der Waals surface area (Å²) in [4.78, 5) is 4.19. The molecule has 1 aromatic carbocycles. The number of benzene rings is 1. The third kappa shape index (κ3) is 4.55. The maximum absolute atomic E-state index is 4.19. The van der Waals surface area contributed by atoms with E-state index in [1.807, 2.05) is 12.5 Å². The van der Waals surface area contributed by atoms with E-state index >= 15 is 0 Å². The van der Waals surface area contributed by atoms with Gasteiger partial charge in [-0.3, -0.25) is 0 Å². The van der Waals surface area contributed by atoms with Crippen molar-refractivity contribution in [1.82, 2.24) is 9.55 Å². The Bertz CT molecular complexity index is 434. The highest BCUT2D eigenvalue weighted by atomic mass is 15.0. The molecule has 19 heavy (non-hydrogen) atoms. The predicted molar refractivity (Wildman–Crippen MR) is 80.2 cm³/mol. The summed E-state index contributed by atoms with van der Waals surface area (Å²) in [6.07, 6.45) is 13.5. The number of aryl methyl sites for hydroxylation is 1. The maximum atomic E-state index is 4.19. The van der Waals surface area contributed by atoms with E-state index in [9.17, 15) is 0 Å². The molecular weight excluding hydrogens is 232 g/mol. The summed E-state index contributed by atoms with van der Waals surface area (Å²) in [6, 6.07) is 11.4. The van der Waals surface area contributed by atoms with Gasteiger partial charge >= 0.3 is 0 Å². The molecule has 2 heteroatoms. The Morgan fingerprint density at radius 1 is 1.11 bits per heavy atom. The van der Waals surface area contributed by atoms with Crippen LogP contribution in [0.2, 0.25) is 0 Å². The molecule has 1 unspecified atom stereocenters. The van der Waals surface area contributed by atoms with Crippen LogP contribution in [0.15, 0.2) is 49.1 Å². The van der Waals surface area contributed by atoms with Gasteiger partial charge < -0.3 is 4.57 Å². The first-order chi connectivity index (χ1) is 9.40. The lowest BCUT2D eigenvalue weighted by Gasteiger charge is -2.18. The largest absolute Gasteiger partial charge is 0.334 e. The van der Waals surface area contributed by atoms with Crippen LogP contribution in [-0.2, 0) is 6.42 Å². The fourth-order valence-corrected chi connectivity index (χ4v) is 2.54. The van der Waals surface area contributed by atoms with Crippen LogP contribution in [-0.4, -0.2) is 9.55 Å². The predicted octanol–water partition coefficient (Wildman–Crippen LogP) is 4.64. The Morgan fingerprint density at radius 3 is 2.63 bits per heavy atom. The summed E-state index contributed by atoms with van der Waals surface area (Å²) in [7, 11) is 0. The first-order valence-corrected chi connectivity index (χ1v) is 7.41. The second kappa shape index (κ2) is 7.78. The summed E-state index contributed by atoms with van der Waals surface area (Å²) in [6.45, 7) is 2.26. The third-order valence-corrected chi connectivity index (χ3v) is 3.70. The first kappa shape index (κ1) is 13.9. The van der Waals surface area contributed by atoms with E-state index in [1.54, 1.807) is 0 Å². The molecule has 1 atom stereocenters. The van der Waals surface area contributed by atoms with Gasteiger partial charge in [0.1, 0.15) is 0 Å². The van der Waals surface area contributed by atoms with Gasteiger partial charge in [0.25, 0.3) is 0 Å². The van der Waals surface area contributed by atoms with Crippen LogP contribution in [0.25, 0.3) is 0 Å². The van der Waals surface area contributed by atoms with Gasteiger partial charge in [-0.2, -0.15) is 0 Å². The van der Waals surface area contributed by atoms with Crippen molar-refractivity contribution < 1.29 is 0 Å². The average molecular weight is 256 g/mol. The van der Waals surface area contributed by atoms with Crippen LogP contribution in [0.4, 0.5) is 0 Å². The first-order valence-electron chi connectivity index (χ1n) is 7.41. The lowest BCUT2D eigenvalue weighted by Crippen LogP contribution is -2.08. The fourth-order valence-electron chi connectivity index (χ4n) is 2.54. The van der Waals surface area contributed by atoms with Crippen molar-refractivity contribution >= 4 is 0 Å². The van der Waals surface area contributed by atoms with E-state index in [4.69, 9.17) is 0 Å². The van der Waals surface area contributed by atoms with Crippen LogP contribution in [0.1, 0.15) is 50.6 Å². The molecule has 0 fully saturated rings. The minimum absolute atomic E-state index is 0.592. The molecule has 1 heterocycles. The smallest absolute Gasteiger partial charge is 0.0948 e. The molecule has 0 aliphatic rings. The zero-order valence-corrected chi connectivity index (χ0v) is 11.8. The topological polar surface area (TPSA) is 17.8 Å². The number of aromatic nitrogens is 2. The lowest BCUT2D eigenvalue weighted by atomic mass is 10.0. The molecule has 0 N–H and O–H groups in total. The van der Waals surface area contributed by atoms with E-state index in [-0.39, 0.29) is 0 Å². The standard InChI is InChI=1S/C17H24N2/c1-2-3-5-10-17(19-14-13-18-15-19)12-11-16-8-6-4-7-9-16/h4,6-9,13-15,17H,2-3,5,10-12H2,1H3. The Kier molecular flexibility index (Phi) is 5.67. The Balaban J connectivity index is 1.90. The van der Waals surface area contributed by atoms with Crippen molar-refractivity contribution in [2.45, 2.75) is 51.5 Å². The summed E-state index contributed by atoms with van der Waals surface area (Å²) in [5, 5.41) is 0. The SMILES string of the molecule is CCCCCC(CCc1ccccc1)n1ccnc1. The minimum Gasteiger partial charge on any atom is -0.334 e. The van der Waals surface area contributed by atoms with Gasteiger partial charge in [-0.25, -0.2) is 4.98 Å². The second-order valence-corrected chi connectivity index (χ2v) is 5.18. The van der Waals surface area contributed by atoms with Gasteiger partial charge in [-0.1, -0.05) is 56.5 Å². The van der Waals surface area contributed by atoms with Gasteiger partial charge in [-0.15, -0.1) is 0 Å². The number of hydrogen-bond acceptors (Lipinski definition) is 1. The molecule has 0 amide bonds. The molecule has 102 valence electrons. The molecular formula is C17H24N2. The van der Waals surface area contributed by atoms with Crippen molar-refractivity contribution in [3.05, 3.63) is 54.6 Å². The maximum Gasteiger partial charge on any atom is 0.0948 e. The van der Waals surface area contributed by atoms with Crippen molar-refractivity contribution in [3.8, 4) is 0 Å². The highest BCUT2D eigenvalue weighted by Gasteiger charge is 2.10. The summed E-state index contributed by atoms with van der Waals surface area (Å²) in [5.74, 6) is 0. The summed E-state index contributed by atoms with van der Waals surface area (Å²) in [5.41, 5.74) is 1.43. The summed E-state index contributed by atoms with van der Waals surface area (Å²) < 4.78 is 2.28. The van der Waals surface area contributed by atoms with Gasteiger partial charge in [0.2, 0.25) is 0 Å².